The number of carbonyl (C=O) groups excluding carboxylic acids is 4. The van der Waals surface area contributed by atoms with Crippen LogP contribution in [0.4, 0.5) is 4.79 Å². The summed E-state index contributed by atoms with van der Waals surface area (Å²) >= 11 is 1.19. The molecule has 0 aromatic carbocycles. The van der Waals surface area contributed by atoms with Crippen LogP contribution in [0, 0.1) is 11.8 Å². The minimum absolute atomic E-state index is 0.0745. The fourth-order valence-electron chi connectivity index (χ4n) is 5.96. The summed E-state index contributed by atoms with van der Waals surface area (Å²) in [5, 5.41) is 4.63. The number of likely N-dealkylation sites (N-methyl/N-ethyl adjacent to an activating group) is 2. The van der Waals surface area contributed by atoms with Crippen molar-refractivity contribution in [2.75, 3.05) is 33.8 Å². The van der Waals surface area contributed by atoms with Crippen LogP contribution in [0.15, 0.2) is 5.38 Å². The molecule has 0 spiro atoms. The van der Waals surface area contributed by atoms with Gasteiger partial charge >= 0.3 is 12.1 Å². The van der Waals surface area contributed by atoms with Gasteiger partial charge in [0, 0.05) is 24.4 Å². The Morgan fingerprint density at radius 1 is 1.24 bits per heavy atom. The summed E-state index contributed by atoms with van der Waals surface area (Å²) in [5.74, 6) is -1.92. The molecule has 0 bridgehead atoms. The molecule has 1 saturated heterocycles. The number of esters is 1. The second kappa shape index (κ2) is 14.6. The maximum Gasteiger partial charge on any atom is 0.407 e. The summed E-state index contributed by atoms with van der Waals surface area (Å²) in [6, 6.07) is -0.426. The average Bonchev–Trinajstić information content (AvgIpc) is 3.54. The zero-order valence-corrected chi connectivity index (χ0v) is 26.9. The molecule has 0 aliphatic carbocycles. The number of rotatable bonds is 15. The first-order valence-corrected chi connectivity index (χ1v) is 15.5. The zero-order valence-electron chi connectivity index (χ0n) is 26.1. The van der Waals surface area contributed by atoms with E-state index >= 15 is 0 Å². The van der Waals surface area contributed by atoms with Gasteiger partial charge in [0.25, 0.3) is 0 Å². The highest BCUT2D eigenvalue weighted by Gasteiger charge is 2.60. The Balaban J connectivity index is 2.62. The molecule has 0 radical (unpaired) electrons. The summed E-state index contributed by atoms with van der Waals surface area (Å²) in [7, 11) is 3.68. The van der Waals surface area contributed by atoms with E-state index in [4.69, 9.17) is 15.2 Å². The topological polar surface area (TPSA) is 144 Å². The van der Waals surface area contributed by atoms with E-state index in [1.54, 1.807) is 26.3 Å². The zero-order chi connectivity index (χ0) is 31.1. The summed E-state index contributed by atoms with van der Waals surface area (Å²) in [5.41, 5.74) is 3.88. The Bertz CT molecular complexity index is 1080. The van der Waals surface area contributed by atoms with Gasteiger partial charge in [0.1, 0.15) is 5.01 Å². The largest absolute Gasteiger partial charge is 0.461 e. The van der Waals surface area contributed by atoms with Crippen LogP contribution in [0.25, 0.3) is 0 Å². The minimum atomic E-state index is -1.60. The molecule has 1 aliphatic heterocycles. The van der Waals surface area contributed by atoms with Gasteiger partial charge in [-0.05, 0) is 66.1 Å². The third-order valence-electron chi connectivity index (χ3n) is 8.67. The average molecular weight is 596 g/mol. The first kappa shape index (κ1) is 34.6. The number of carbonyl (C=O) groups is 4. The molecule has 0 unspecified atom stereocenters. The number of hydrogen-bond acceptors (Lipinski definition) is 10. The quantitative estimate of drug-likeness (QED) is 0.229. The number of alkyl carbamates (subject to hydrolysis) is 1. The molecule has 1 aromatic rings. The number of primary amides is 1. The highest BCUT2D eigenvalue weighted by Crippen LogP contribution is 2.41. The van der Waals surface area contributed by atoms with Gasteiger partial charge in [0.2, 0.25) is 5.91 Å². The second-order valence-electron chi connectivity index (χ2n) is 11.4. The van der Waals surface area contributed by atoms with E-state index in [1.165, 1.54) is 11.3 Å². The maximum atomic E-state index is 14.6. The normalized spacial score (nSPS) is 21.2. The molecule has 1 aromatic heterocycles. The molecule has 5 atom stereocenters. The number of nitrogens with two attached hydrogens (primary N) is 1. The molecule has 232 valence electrons. The molecule has 3 N–H and O–H groups in total. The van der Waals surface area contributed by atoms with Crippen LogP contribution in [-0.2, 0) is 19.1 Å². The smallest absolute Gasteiger partial charge is 0.407 e. The van der Waals surface area contributed by atoms with Crippen LogP contribution >= 0.6 is 11.3 Å². The minimum Gasteiger partial charge on any atom is -0.461 e. The summed E-state index contributed by atoms with van der Waals surface area (Å²) in [4.78, 5) is 61.4. The van der Waals surface area contributed by atoms with E-state index in [2.05, 4.69) is 10.3 Å². The van der Waals surface area contributed by atoms with E-state index in [9.17, 15) is 19.2 Å². The van der Waals surface area contributed by atoms with Gasteiger partial charge in [-0.25, -0.2) is 14.6 Å². The Morgan fingerprint density at radius 2 is 1.90 bits per heavy atom. The van der Waals surface area contributed by atoms with E-state index in [1.807, 2.05) is 51.5 Å². The number of nitrogens with one attached hydrogen (secondary N) is 1. The Hall–Kier alpha value is -2.57. The molecule has 12 heteroatoms. The highest BCUT2D eigenvalue weighted by atomic mass is 32.1. The number of likely N-dealkylation sites (tertiary alicyclic amines) is 1. The summed E-state index contributed by atoms with van der Waals surface area (Å²) in [6.07, 6.45) is 0.763. The Kier molecular flexibility index (Phi) is 12.3. The van der Waals surface area contributed by atoms with Gasteiger partial charge in [-0.2, -0.15) is 0 Å². The monoisotopic (exact) mass is 595 g/mol. The van der Waals surface area contributed by atoms with E-state index in [-0.39, 0.29) is 36.3 Å². The van der Waals surface area contributed by atoms with Crippen molar-refractivity contribution < 1.29 is 28.7 Å². The van der Waals surface area contributed by atoms with Gasteiger partial charge in [0.15, 0.2) is 23.1 Å². The number of nitrogens with zero attached hydrogens (tertiary/aromatic N) is 3. The van der Waals surface area contributed by atoms with Crippen LogP contribution in [0.2, 0.25) is 0 Å². The van der Waals surface area contributed by atoms with E-state index in [0.717, 1.165) is 13.0 Å². The van der Waals surface area contributed by atoms with Crippen LogP contribution in [0.1, 0.15) is 95.7 Å². The fourth-order valence-corrected chi connectivity index (χ4v) is 6.79. The lowest BCUT2D eigenvalue weighted by atomic mass is 9.69. The maximum absolute atomic E-state index is 14.6. The van der Waals surface area contributed by atoms with Crippen molar-refractivity contribution in [3.63, 3.8) is 0 Å². The SMILES string of the molecule is CCNC(=O)O[C@H](C[C@H](C(C)C)N(C)[C@@](C(N)=O)(C(=O)[C@@]1(C)CCCN1C)[C@@H](C)CC)c1nc(C(=O)OCC)cs1. The lowest BCUT2D eigenvalue weighted by Crippen LogP contribution is -2.73. The van der Waals surface area contributed by atoms with Crippen molar-refractivity contribution in [2.24, 2.45) is 17.6 Å². The first-order chi connectivity index (χ1) is 19.2. The van der Waals surface area contributed by atoms with Crippen molar-refractivity contribution in [2.45, 2.75) is 97.4 Å². The number of hydrogen-bond donors (Lipinski definition) is 2. The molecular formula is C29H49N5O6S. The number of aromatic nitrogens is 1. The molecule has 1 aliphatic rings. The van der Waals surface area contributed by atoms with Crippen LogP contribution in [-0.4, -0.2) is 89.4 Å². The molecule has 1 fully saturated rings. The van der Waals surface area contributed by atoms with Crippen molar-refractivity contribution in [3.05, 3.63) is 16.1 Å². The number of ketones is 1. The van der Waals surface area contributed by atoms with Crippen molar-refractivity contribution in [1.29, 1.82) is 0 Å². The molecule has 0 saturated carbocycles. The first-order valence-electron chi connectivity index (χ1n) is 14.6. The van der Waals surface area contributed by atoms with Crippen molar-refractivity contribution >= 4 is 35.1 Å². The van der Waals surface area contributed by atoms with Gasteiger partial charge in [-0.3, -0.25) is 19.4 Å². The standard InChI is InChI=1S/C29H49N5O6S/c1-10-19(6)29(26(30)37,25(36)28(7)14-13-15-33(28)8)34(9)21(18(4)5)16-22(40-27(38)31-11-2)23-32-20(17-41-23)24(35)39-12-3/h17-19,21-22H,10-16H2,1-9H3,(H2,30,37)(H,31,38)/t19-,21+,22+,28+,29+/m0/s1. The molecule has 2 rings (SSSR count). The molecule has 41 heavy (non-hydrogen) atoms. The third-order valence-corrected chi connectivity index (χ3v) is 9.60. The Labute approximate surface area is 248 Å². The van der Waals surface area contributed by atoms with Crippen molar-refractivity contribution in [1.82, 2.24) is 20.1 Å². The van der Waals surface area contributed by atoms with Crippen LogP contribution < -0.4 is 11.1 Å². The third kappa shape index (κ3) is 7.09. The van der Waals surface area contributed by atoms with E-state index in [0.29, 0.717) is 24.4 Å². The number of Topliss-reactive ketones (excluding diaryl/α,β-unsaturated/α-hetero) is 1. The van der Waals surface area contributed by atoms with Gasteiger partial charge in [-0.1, -0.05) is 34.1 Å². The lowest BCUT2D eigenvalue weighted by Gasteiger charge is -2.51. The summed E-state index contributed by atoms with van der Waals surface area (Å²) < 4.78 is 10.9. The van der Waals surface area contributed by atoms with E-state index < -0.39 is 41.2 Å². The second-order valence-corrected chi connectivity index (χ2v) is 12.3. The molecule has 2 amide bonds. The summed E-state index contributed by atoms with van der Waals surface area (Å²) in [6.45, 7) is 14.5. The predicted octanol–water partition coefficient (Wildman–Crippen LogP) is 3.78. The fraction of sp³-hybridized carbons (Fsp3) is 0.759. The Morgan fingerprint density at radius 3 is 2.39 bits per heavy atom. The predicted molar refractivity (Wildman–Crippen MR) is 159 cm³/mol. The number of ether oxygens (including phenoxy) is 2. The van der Waals surface area contributed by atoms with Gasteiger partial charge in [-0.15, -0.1) is 11.3 Å². The van der Waals surface area contributed by atoms with Gasteiger partial charge in [0.05, 0.1) is 12.1 Å². The number of thiazole rings is 1. The van der Waals surface area contributed by atoms with Gasteiger partial charge < -0.3 is 20.5 Å². The van der Waals surface area contributed by atoms with Crippen molar-refractivity contribution in [3.8, 4) is 0 Å². The lowest BCUT2D eigenvalue weighted by molar-refractivity contribution is -0.157. The molecular weight excluding hydrogens is 546 g/mol. The number of amides is 2. The van der Waals surface area contributed by atoms with Crippen LogP contribution in [0.3, 0.4) is 0 Å². The highest BCUT2D eigenvalue weighted by molar-refractivity contribution is 7.09. The van der Waals surface area contributed by atoms with Crippen LogP contribution in [0.5, 0.6) is 0 Å². The molecule has 11 nitrogen and oxygen atoms in total. The molecule has 2 heterocycles.